The molecule has 24 heavy (non-hydrogen) atoms. The summed E-state index contributed by atoms with van der Waals surface area (Å²) in [6.07, 6.45) is 6.01. The van der Waals surface area contributed by atoms with Crippen LogP contribution < -0.4 is 0 Å². The van der Waals surface area contributed by atoms with E-state index in [4.69, 9.17) is 4.42 Å². The molecule has 4 nitrogen and oxygen atoms in total. The molecule has 2 atom stereocenters. The second-order valence-corrected chi connectivity index (χ2v) is 7.79. The predicted octanol–water partition coefficient (Wildman–Crippen LogP) is 4.38. The van der Waals surface area contributed by atoms with Crippen molar-refractivity contribution in [2.45, 2.75) is 56.2 Å². The Kier molecular flexibility index (Phi) is 6.32. The van der Waals surface area contributed by atoms with Crippen molar-refractivity contribution in [3.05, 3.63) is 41.8 Å². The number of piperidine rings is 1. The third kappa shape index (κ3) is 4.84. The number of hydrogen-bond acceptors (Lipinski definition) is 5. The van der Waals surface area contributed by atoms with Crippen LogP contribution in [0.3, 0.4) is 0 Å². The van der Waals surface area contributed by atoms with Crippen LogP contribution in [0.15, 0.2) is 40.0 Å². The summed E-state index contributed by atoms with van der Waals surface area (Å²) < 4.78 is 5.82. The first kappa shape index (κ1) is 17.5. The summed E-state index contributed by atoms with van der Waals surface area (Å²) in [6.45, 7) is 3.43. The number of nitrogens with zero attached hydrogens (tertiary/aromatic N) is 3. The molecular weight excluding hydrogens is 318 g/mol. The molecule has 3 rings (SSSR count). The van der Waals surface area contributed by atoms with E-state index in [0.29, 0.717) is 17.2 Å². The molecule has 1 aromatic heterocycles. The monoisotopic (exact) mass is 345 g/mol. The van der Waals surface area contributed by atoms with Crippen molar-refractivity contribution in [1.29, 1.82) is 0 Å². The quantitative estimate of drug-likeness (QED) is 0.697. The second kappa shape index (κ2) is 8.67. The van der Waals surface area contributed by atoms with Gasteiger partial charge >= 0.3 is 0 Å². The average Bonchev–Trinajstić information content (AvgIpc) is 3.05. The summed E-state index contributed by atoms with van der Waals surface area (Å²) >= 11 is 1.69. The first-order valence-electron chi connectivity index (χ1n) is 8.92. The Balaban J connectivity index is 1.45. The zero-order valence-electron chi connectivity index (χ0n) is 14.6. The summed E-state index contributed by atoms with van der Waals surface area (Å²) in [7, 11) is 2.24. The van der Waals surface area contributed by atoms with Gasteiger partial charge in [0.25, 0.3) is 5.22 Å². The molecule has 0 aliphatic carbocycles. The largest absolute Gasteiger partial charge is 0.416 e. The van der Waals surface area contributed by atoms with E-state index >= 15 is 0 Å². The highest BCUT2D eigenvalue weighted by Gasteiger charge is 2.19. The average molecular weight is 346 g/mol. The number of aromatic nitrogens is 2. The highest BCUT2D eigenvalue weighted by Crippen LogP contribution is 2.25. The fraction of sp³-hybridized carbons (Fsp3) is 0.579. The van der Waals surface area contributed by atoms with Gasteiger partial charge in [0.05, 0.1) is 0 Å². The van der Waals surface area contributed by atoms with Crippen molar-refractivity contribution in [3.63, 3.8) is 0 Å². The van der Waals surface area contributed by atoms with Gasteiger partial charge in [0.15, 0.2) is 0 Å². The molecule has 1 saturated heterocycles. The van der Waals surface area contributed by atoms with Crippen LogP contribution in [0.4, 0.5) is 0 Å². The van der Waals surface area contributed by atoms with Crippen LogP contribution in [-0.4, -0.2) is 40.5 Å². The molecule has 0 bridgehead atoms. The molecule has 1 aliphatic heterocycles. The molecule has 1 fully saturated rings. The van der Waals surface area contributed by atoms with E-state index in [2.05, 4.69) is 53.3 Å². The third-order valence-corrected chi connectivity index (χ3v) is 5.75. The smallest absolute Gasteiger partial charge is 0.276 e. The Morgan fingerprint density at radius 2 is 2.08 bits per heavy atom. The minimum Gasteiger partial charge on any atom is -0.416 e. The lowest BCUT2D eigenvalue weighted by Gasteiger charge is -2.32. The van der Waals surface area contributed by atoms with Crippen LogP contribution in [0.1, 0.15) is 50.0 Å². The number of benzene rings is 1. The Bertz CT molecular complexity index is 616. The van der Waals surface area contributed by atoms with Gasteiger partial charge in [0, 0.05) is 18.2 Å². The summed E-state index contributed by atoms with van der Waals surface area (Å²) in [6, 6.07) is 11.2. The zero-order chi connectivity index (χ0) is 16.8. The zero-order valence-corrected chi connectivity index (χ0v) is 15.5. The maximum atomic E-state index is 5.82. The normalized spacial score (nSPS) is 20.2. The predicted molar refractivity (Wildman–Crippen MR) is 98.5 cm³/mol. The SMILES string of the molecule is CC(Cc1nnc(SCCC2CCCCN2C)o1)c1ccccc1. The topological polar surface area (TPSA) is 42.2 Å². The molecule has 2 heterocycles. The Hall–Kier alpha value is -1.33. The van der Waals surface area contributed by atoms with Gasteiger partial charge in [0.1, 0.15) is 0 Å². The van der Waals surface area contributed by atoms with Crippen LogP contribution >= 0.6 is 11.8 Å². The van der Waals surface area contributed by atoms with E-state index in [9.17, 15) is 0 Å². The lowest BCUT2D eigenvalue weighted by molar-refractivity contribution is 0.182. The minimum atomic E-state index is 0.389. The summed E-state index contributed by atoms with van der Waals surface area (Å²) in [4.78, 5) is 2.49. The van der Waals surface area contributed by atoms with Crippen LogP contribution in [0.2, 0.25) is 0 Å². The first-order chi connectivity index (χ1) is 11.7. The van der Waals surface area contributed by atoms with Crippen LogP contribution in [0.25, 0.3) is 0 Å². The van der Waals surface area contributed by atoms with E-state index in [1.807, 2.05) is 6.07 Å². The second-order valence-electron chi connectivity index (χ2n) is 6.74. The minimum absolute atomic E-state index is 0.389. The number of likely N-dealkylation sites (tertiary alicyclic amines) is 1. The highest BCUT2D eigenvalue weighted by molar-refractivity contribution is 7.99. The van der Waals surface area contributed by atoms with E-state index in [1.54, 1.807) is 11.8 Å². The van der Waals surface area contributed by atoms with Crippen LogP contribution in [-0.2, 0) is 6.42 Å². The van der Waals surface area contributed by atoms with Gasteiger partial charge in [-0.05, 0) is 44.3 Å². The summed E-state index contributed by atoms with van der Waals surface area (Å²) in [5, 5.41) is 9.12. The molecule has 1 aromatic carbocycles. The Labute approximate surface area is 149 Å². The van der Waals surface area contributed by atoms with Crippen molar-refractivity contribution in [2.24, 2.45) is 0 Å². The molecule has 130 valence electrons. The highest BCUT2D eigenvalue weighted by atomic mass is 32.2. The van der Waals surface area contributed by atoms with Crippen molar-refractivity contribution < 1.29 is 4.42 Å². The maximum absolute atomic E-state index is 5.82. The van der Waals surface area contributed by atoms with Gasteiger partial charge in [0.2, 0.25) is 5.89 Å². The molecule has 2 unspecified atom stereocenters. The fourth-order valence-corrected chi connectivity index (χ4v) is 4.15. The van der Waals surface area contributed by atoms with Gasteiger partial charge < -0.3 is 9.32 Å². The van der Waals surface area contributed by atoms with Gasteiger partial charge in [-0.2, -0.15) is 0 Å². The van der Waals surface area contributed by atoms with E-state index < -0.39 is 0 Å². The van der Waals surface area contributed by atoms with E-state index in [-0.39, 0.29) is 0 Å². The van der Waals surface area contributed by atoms with Crippen molar-refractivity contribution in [3.8, 4) is 0 Å². The molecule has 2 aromatic rings. The van der Waals surface area contributed by atoms with Crippen LogP contribution in [0.5, 0.6) is 0 Å². The first-order valence-corrected chi connectivity index (χ1v) is 9.91. The molecule has 1 aliphatic rings. The standard InChI is InChI=1S/C19H27N3OS/c1-15(16-8-4-3-5-9-16)14-18-20-21-19(23-18)24-13-11-17-10-6-7-12-22(17)2/h3-5,8-9,15,17H,6-7,10-14H2,1-2H3. The molecule has 0 spiro atoms. The number of thioether (sulfide) groups is 1. The molecule has 0 N–H and O–H groups in total. The van der Waals surface area contributed by atoms with Gasteiger partial charge in [-0.25, -0.2) is 0 Å². The Morgan fingerprint density at radius 1 is 1.25 bits per heavy atom. The van der Waals surface area contributed by atoms with Crippen molar-refractivity contribution in [2.75, 3.05) is 19.3 Å². The number of hydrogen-bond donors (Lipinski definition) is 0. The molecule has 0 amide bonds. The van der Waals surface area contributed by atoms with E-state index in [1.165, 1.54) is 37.8 Å². The van der Waals surface area contributed by atoms with Gasteiger partial charge in [-0.1, -0.05) is 55.4 Å². The van der Waals surface area contributed by atoms with Crippen molar-refractivity contribution >= 4 is 11.8 Å². The fourth-order valence-electron chi connectivity index (χ4n) is 3.33. The Morgan fingerprint density at radius 3 is 2.88 bits per heavy atom. The lowest BCUT2D eigenvalue weighted by atomic mass is 9.98. The van der Waals surface area contributed by atoms with Crippen molar-refractivity contribution in [1.82, 2.24) is 15.1 Å². The summed E-state index contributed by atoms with van der Waals surface area (Å²) in [5.74, 6) is 2.18. The third-order valence-electron chi connectivity index (χ3n) is 4.90. The molecular formula is C19H27N3OS. The van der Waals surface area contributed by atoms with Gasteiger partial charge in [-0.3, -0.25) is 0 Å². The van der Waals surface area contributed by atoms with E-state index in [0.717, 1.165) is 18.1 Å². The van der Waals surface area contributed by atoms with Gasteiger partial charge in [-0.15, -0.1) is 10.2 Å². The van der Waals surface area contributed by atoms with Crippen LogP contribution in [0, 0.1) is 0 Å². The lowest BCUT2D eigenvalue weighted by Crippen LogP contribution is -2.36. The molecule has 5 heteroatoms. The molecule has 0 saturated carbocycles. The maximum Gasteiger partial charge on any atom is 0.276 e. The molecule has 0 radical (unpaired) electrons. The summed E-state index contributed by atoms with van der Waals surface area (Å²) in [5.41, 5.74) is 1.31. The number of rotatable bonds is 7.